The van der Waals surface area contributed by atoms with Crippen molar-refractivity contribution in [2.24, 2.45) is 5.92 Å². The lowest BCUT2D eigenvalue weighted by atomic mass is 9.89. The zero-order chi connectivity index (χ0) is 25.3. The molecule has 4 rings (SSSR count). The number of ether oxygens (including phenoxy) is 1. The van der Waals surface area contributed by atoms with Gasteiger partial charge in [0.1, 0.15) is 12.6 Å². The Morgan fingerprint density at radius 2 is 1.61 bits per heavy atom. The van der Waals surface area contributed by atoms with Crippen LogP contribution in [-0.2, 0) is 16.1 Å². The topological polar surface area (TPSA) is 115 Å². The van der Waals surface area contributed by atoms with Crippen LogP contribution in [0, 0.1) is 5.92 Å². The van der Waals surface area contributed by atoms with Crippen molar-refractivity contribution in [3.8, 4) is 0 Å². The van der Waals surface area contributed by atoms with E-state index in [1.165, 1.54) is 4.90 Å². The zero-order valence-electron chi connectivity index (χ0n) is 20.3. The summed E-state index contributed by atoms with van der Waals surface area (Å²) in [6.45, 7) is 3.48. The summed E-state index contributed by atoms with van der Waals surface area (Å²) in [4.78, 5) is 46.9. The van der Waals surface area contributed by atoms with Crippen molar-refractivity contribution in [3.63, 3.8) is 0 Å². The second-order valence-electron chi connectivity index (χ2n) is 9.23. The van der Waals surface area contributed by atoms with Crippen LogP contribution >= 0.6 is 0 Å². The molecule has 2 fully saturated rings. The number of piperazine rings is 1. The number of benzene rings is 1. The molecule has 2 saturated heterocycles. The van der Waals surface area contributed by atoms with E-state index in [9.17, 15) is 19.5 Å². The first-order valence-corrected chi connectivity index (χ1v) is 12.4. The molecule has 0 saturated carbocycles. The van der Waals surface area contributed by atoms with Gasteiger partial charge in [-0.2, -0.15) is 0 Å². The normalized spacial score (nSPS) is 17.4. The molecule has 0 spiro atoms. The second-order valence-corrected chi connectivity index (χ2v) is 9.23. The third kappa shape index (κ3) is 6.87. The van der Waals surface area contributed by atoms with Crippen LogP contribution < -0.4 is 10.2 Å². The largest absolute Gasteiger partial charge is 0.465 e. The molecular formula is C26H33N5O5. The lowest BCUT2D eigenvalue weighted by molar-refractivity contribution is -0.134. The molecule has 2 aliphatic heterocycles. The fourth-order valence-corrected chi connectivity index (χ4v) is 4.78. The van der Waals surface area contributed by atoms with Gasteiger partial charge in [-0.05, 0) is 42.9 Å². The summed E-state index contributed by atoms with van der Waals surface area (Å²) in [7, 11) is 0. The van der Waals surface area contributed by atoms with Gasteiger partial charge in [0.25, 0.3) is 0 Å². The average molecular weight is 496 g/mol. The van der Waals surface area contributed by atoms with Gasteiger partial charge in [-0.1, -0.05) is 30.3 Å². The second kappa shape index (κ2) is 12.2. The van der Waals surface area contributed by atoms with E-state index >= 15 is 0 Å². The fourth-order valence-electron chi connectivity index (χ4n) is 4.78. The average Bonchev–Trinajstić information content (AvgIpc) is 2.92. The van der Waals surface area contributed by atoms with E-state index in [4.69, 9.17) is 4.74 Å². The third-order valence-corrected chi connectivity index (χ3v) is 6.88. The minimum atomic E-state index is -0.921. The molecule has 2 aliphatic rings. The molecule has 1 atom stereocenters. The SMILES string of the molecule is O=C(N[C@@H](CC1CCN(C(=O)O)CC1)C(=O)N1CCN(c2ccncc2)CC1)OCc1ccccc1. The Balaban J connectivity index is 1.36. The van der Waals surface area contributed by atoms with Crippen LogP contribution in [0.1, 0.15) is 24.8 Å². The number of amides is 3. The number of carboxylic acid groups (broad SMARTS) is 1. The van der Waals surface area contributed by atoms with E-state index in [2.05, 4.69) is 15.2 Å². The van der Waals surface area contributed by atoms with Gasteiger partial charge in [0.05, 0.1) is 0 Å². The number of carbonyl (C=O) groups is 3. The van der Waals surface area contributed by atoms with Crippen LogP contribution in [-0.4, -0.2) is 83.3 Å². The van der Waals surface area contributed by atoms with Crippen molar-refractivity contribution in [2.45, 2.75) is 31.9 Å². The summed E-state index contributed by atoms with van der Waals surface area (Å²) in [6.07, 6.45) is 3.73. The van der Waals surface area contributed by atoms with Gasteiger partial charge in [0.15, 0.2) is 0 Å². The highest BCUT2D eigenvalue weighted by Gasteiger charge is 2.33. The molecule has 1 aromatic carbocycles. The Morgan fingerprint density at radius 3 is 2.25 bits per heavy atom. The monoisotopic (exact) mass is 495 g/mol. The molecule has 0 bridgehead atoms. The van der Waals surface area contributed by atoms with Crippen LogP contribution in [0.25, 0.3) is 0 Å². The number of anilines is 1. The Labute approximate surface area is 210 Å². The fraction of sp³-hybridized carbons (Fsp3) is 0.462. The molecule has 2 aromatic rings. The molecule has 0 unspecified atom stereocenters. The van der Waals surface area contributed by atoms with Gasteiger partial charge in [0.2, 0.25) is 5.91 Å². The number of hydrogen-bond donors (Lipinski definition) is 2. The van der Waals surface area contributed by atoms with Gasteiger partial charge in [-0.3, -0.25) is 9.78 Å². The number of rotatable bonds is 7. The van der Waals surface area contributed by atoms with Gasteiger partial charge in [-0.15, -0.1) is 0 Å². The number of pyridine rings is 1. The van der Waals surface area contributed by atoms with Crippen molar-refractivity contribution in [1.82, 2.24) is 20.1 Å². The first-order valence-electron chi connectivity index (χ1n) is 12.4. The van der Waals surface area contributed by atoms with Gasteiger partial charge >= 0.3 is 12.2 Å². The zero-order valence-corrected chi connectivity index (χ0v) is 20.3. The summed E-state index contributed by atoms with van der Waals surface area (Å²) in [5.74, 6) is 0.0174. The number of hydrogen-bond acceptors (Lipinski definition) is 6. The Hall–Kier alpha value is -3.82. The number of carbonyl (C=O) groups excluding carboxylic acids is 2. The Morgan fingerprint density at radius 1 is 0.944 bits per heavy atom. The summed E-state index contributed by atoms with van der Waals surface area (Å²) >= 11 is 0. The molecule has 10 nitrogen and oxygen atoms in total. The molecule has 0 radical (unpaired) electrons. The lowest BCUT2D eigenvalue weighted by Crippen LogP contribution is -2.55. The predicted octanol–water partition coefficient (Wildman–Crippen LogP) is 2.81. The van der Waals surface area contributed by atoms with Gasteiger partial charge < -0.3 is 29.9 Å². The third-order valence-electron chi connectivity index (χ3n) is 6.88. The number of nitrogens with one attached hydrogen (secondary N) is 1. The van der Waals surface area contributed by atoms with E-state index in [-0.39, 0.29) is 18.4 Å². The van der Waals surface area contributed by atoms with Crippen molar-refractivity contribution in [2.75, 3.05) is 44.2 Å². The molecular weight excluding hydrogens is 462 g/mol. The Bertz CT molecular complexity index is 1010. The number of nitrogens with zero attached hydrogens (tertiary/aromatic N) is 4. The van der Waals surface area contributed by atoms with Crippen LogP contribution in [0.4, 0.5) is 15.3 Å². The number of piperidine rings is 1. The Kier molecular flexibility index (Phi) is 8.59. The van der Waals surface area contributed by atoms with Gasteiger partial charge in [0, 0.05) is 57.3 Å². The van der Waals surface area contributed by atoms with Crippen LogP contribution in [0.15, 0.2) is 54.9 Å². The molecule has 3 amide bonds. The summed E-state index contributed by atoms with van der Waals surface area (Å²) in [5.41, 5.74) is 1.94. The molecule has 10 heteroatoms. The van der Waals surface area contributed by atoms with Crippen molar-refractivity contribution in [3.05, 3.63) is 60.4 Å². The molecule has 0 aliphatic carbocycles. The van der Waals surface area contributed by atoms with Crippen LogP contribution in [0.5, 0.6) is 0 Å². The summed E-state index contributed by atoms with van der Waals surface area (Å²) in [5, 5.41) is 12.0. The number of aromatic nitrogens is 1. The number of alkyl carbamates (subject to hydrolysis) is 1. The quantitative estimate of drug-likeness (QED) is 0.607. The summed E-state index contributed by atoms with van der Waals surface area (Å²) in [6, 6.07) is 12.6. The predicted molar refractivity (Wildman–Crippen MR) is 134 cm³/mol. The van der Waals surface area contributed by atoms with Crippen molar-refractivity contribution < 1.29 is 24.2 Å². The molecule has 1 aromatic heterocycles. The highest BCUT2D eigenvalue weighted by molar-refractivity contribution is 5.86. The minimum absolute atomic E-state index is 0.120. The van der Waals surface area contributed by atoms with E-state index in [1.807, 2.05) is 42.5 Å². The molecule has 192 valence electrons. The van der Waals surface area contributed by atoms with Crippen LogP contribution in [0.3, 0.4) is 0 Å². The number of likely N-dealkylation sites (tertiary alicyclic amines) is 1. The van der Waals surface area contributed by atoms with Gasteiger partial charge in [-0.25, -0.2) is 9.59 Å². The van der Waals surface area contributed by atoms with E-state index in [0.717, 1.165) is 11.3 Å². The first-order chi connectivity index (χ1) is 17.5. The maximum absolute atomic E-state index is 13.5. The molecule has 2 N–H and O–H groups in total. The first kappa shape index (κ1) is 25.3. The standard InChI is InChI=1S/C26H33N5O5/c32-24(30-16-14-29(15-17-30)22-6-10-27-11-7-22)23(18-20-8-12-31(13-9-20)26(34)35)28-25(33)36-19-21-4-2-1-3-5-21/h1-7,10-11,20,23H,8-9,12-19H2,(H,28,33)(H,34,35)/t23-/m0/s1. The van der Waals surface area contributed by atoms with Crippen molar-refractivity contribution >= 4 is 23.8 Å². The van der Waals surface area contributed by atoms with Crippen LogP contribution in [0.2, 0.25) is 0 Å². The molecule has 36 heavy (non-hydrogen) atoms. The minimum Gasteiger partial charge on any atom is -0.465 e. The van der Waals surface area contributed by atoms with E-state index in [0.29, 0.717) is 58.5 Å². The maximum atomic E-state index is 13.5. The highest BCUT2D eigenvalue weighted by atomic mass is 16.5. The molecule has 3 heterocycles. The smallest absolute Gasteiger partial charge is 0.408 e. The van der Waals surface area contributed by atoms with Crippen molar-refractivity contribution in [1.29, 1.82) is 0 Å². The van der Waals surface area contributed by atoms with E-state index < -0.39 is 18.2 Å². The maximum Gasteiger partial charge on any atom is 0.408 e. The summed E-state index contributed by atoms with van der Waals surface area (Å²) < 4.78 is 5.39. The lowest BCUT2D eigenvalue weighted by Gasteiger charge is -2.38. The highest BCUT2D eigenvalue weighted by Crippen LogP contribution is 2.24. The van der Waals surface area contributed by atoms with E-state index in [1.54, 1.807) is 17.3 Å².